The van der Waals surface area contributed by atoms with E-state index in [0.717, 1.165) is 18.7 Å². The fraction of sp³-hybridized carbons (Fsp3) is 0.227. The van der Waals surface area contributed by atoms with Crippen LogP contribution in [0, 0.1) is 0 Å². The molecule has 0 aliphatic heterocycles. The van der Waals surface area contributed by atoms with Crippen molar-refractivity contribution in [3.05, 3.63) is 72.0 Å². The number of sulfonamides is 1. The quantitative estimate of drug-likeness (QED) is 0.570. The summed E-state index contributed by atoms with van der Waals surface area (Å²) < 4.78 is 29.2. The molecule has 3 aromatic rings. The van der Waals surface area contributed by atoms with Gasteiger partial charge in [0.05, 0.1) is 17.0 Å². The van der Waals surface area contributed by atoms with Crippen LogP contribution < -0.4 is 10.5 Å². The van der Waals surface area contributed by atoms with Crippen molar-refractivity contribution in [1.29, 1.82) is 0 Å². The van der Waals surface area contributed by atoms with Crippen molar-refractivity contribution in [2.45, 2.75) is 25.3 Å². The van der Waals surface area contributed by atoms with Crippen LogP contribution >= 0.6 is 0 Å². The van der Waals surface area contributed by atoms with Crippen LogP contribution in [0.15, 0.2) is 70.0 Å². The lowest BCUT2D eigenvalue weighted by atomic mass is 10.1. The molecule has 8 heteroatoms. The average Bonchev–Trinajstić information content (AvgIpc) is 3.16. The first kappa shape index (κ1) is 21.8. The molecule has 30 heavy (non-hydrogen) atoms. The number of hydrogen-bond acceptors (Lipinski definition) is 5. The molecule has 0 aliphatic carbocycles. The van der Waals surface area contributed by atoms with E-state index in [1.807, 2.05) is 44.2 Å². The van der Waals surface area contributed by atoms with Gasteiger partial charge in [-0.15, -0.1) is 0 Å². The summed E-state index contributed by atoms with van der Waals surface area (Å²) >= 11 is 0. The molecule has 1 aromatic heterocycles. The molecule has 3 rings (SSSR count). The van der Waals surface area contributed by atoms with Crippen LogP contribution in [-0.4, -0.2) is 32.3 Å². The van der Waals surface area contributed by atoms with Gasteiger partial charge in [0.15, 0.2) is 0 Å². The summed E-state index contributed by atoms with van der Waals surface area (Å²) in [7, 11) is -3.86. The molecule has 0 bridgehead atoms. The smallest absolute Gasteiger partial charge is 0.259 e. The fourth-order valence-electron chi connectivity index (χ4n) is 3.08. The van der Waals surface area contributed by atoms with Gasteiger partial charge < -0.3 is 9.73 Å². The molecule has 158 valence electrons. The summed E-state index contributed by atoms with van der Waals surface area (Å²) in [4.78, 5) is 15.1. The van der Waals surface area contributed by atoms with Crippen LogP contribution in [0.4, 0.5) is 5.69 Å². The maximum absolute atomic E-state index is 13.0. The first-order valence-corrected chi connectivity index (χ1v) is 11.2. The van der Waals surface area contributed by atoms with Gasteiger partial charge in [0.2, 0.25) is 10.0 Å². The van der Waals surface area contributed by atoms with Gasteiger partial charge in [-0.2, -0.15) is 0 Å². The summed E-state index contributed by atoms with van der Waals surface area (Å²) in [6.07, 6.45) is 0. The van der Waals surface area contributed by atoms with Crippen molar-refractivity contribution in [1.82, 2.24) is 4.90 Å². The van der Waals surface area contributed by atoms with Crippen LogP contribution in [0.25, 0.3) is 11.3 Å². The van der Waals surface area contributed by atoms with E-state index in [9.17, 15) is 13.2 Å². The average molecular weight is 428 g/mol. The summed E-state index contributed by atoms with van der Waals surface area (Å²) in [6, 6.07) is 17.1. The number of anilines is 1. The number of primary sulfonamides is 1. The predicted octanol–water partition coefficient (Wildman–Crippen LogP) is 3.69. The zero-order chi connectivity index (χ0) is 21.7. The van der Waals surface area contributed by atoms with Gasteiger partial charge in [-0.05, 0) is 37.4 Å². The number of nitrogens with one attached hydrogen (secondary N) is 1. The van der Waals surface area contributed by atoms with Crippen LogP contribution in [0.1, 0.15) is 30.0 Å². The molecule has 2 aromatic carbocycles. The zero-order valence-corrected chi connectivity index (χ0v) is 17.8. The third kappa shape index (κ3) is 5.15. The zero-order valence-electron chi connectivity index (χ0n) is 17.0. The Bertz CT molecular complexity index is 1120. The van der Waals surface area contributed by atoms with Gasteiger partial charge in [0.25, 0.3) is 5.91 Å². The van der Waals surface area contributed by atoms with E-state index < -0.39 is 10.0 Å². The number of nitrogens with zero attached hydrogens (tertiary/aromatic N) is 1. The van der Waals surface area contributed by atoms with E-state index in [2.05, 4.69) is 10.2 Å². The summed E-state index contributed by atoms with van der Waals surface area (Å²) in [5.41, 5.74) is 1.61. The number of rotatable bonds is 8. The second-order valence-electron chi connectivity index (χ2n) is 6.80. The lowest BCUT2D eigenvalue weighted by molar-refractivity contribution is 0.102. The van der Waals surface area contributed by atoms with E-state index in [1.54, 1.807) is 12.1 Å². The molecule has 0 fully saturated rings. The number of nitrogens with two attached hydrogens (primary N) is 1. The molecule has 0 aliphatic rings. The Kier molecular flexibility index (Phi) is 6.71. The number of hydrogen-bond donors (Lipinski definition) is 2. The Labute approximate surface area is 176 Å². The highest BCUT2D eigenvalue weighted by Crippen LogP contribution is 2.27. The van der Waals surface area contributed by atoms with Gasteiger partial charge in [0, 0.05) is 11.3 Å². The van der Waals surface area contributed by atoms with Gasteiger partial charge in [-0.1, -0.05) is 50.2 Å². The minimum absolute atomic E-state index is 0.0687. The molecule has 0 saturated heterocycles. The number of furan rings is 1. The molecule has 0 unspecified atom stereocenters. The van der Waals surface area contributed by atoms with Crippen LogP contribution in [0.2, 0.25) is 0 Å². The van der Waals surface area contributed by atoms with E-state index in [1.165, 1.54) is 18.2 Å². The molecule has 1 heterocycles. The lowest BCUT2D eigenvalue weighted by Crippen LogP contribution is -2.23. The van der Waals surface area contributed by atoms with E-state index >= 15 is 0 Å². The SMILES string of the molecule is CCN(CC)Cc1oc(-c2ccccc2)cc1C(=O)Nc1cccc(S(N)(=O)=O)c1. The van der Waals surface area contributed by atoms with Gasteiger partial charge in [-0.25, -0.2) is 13.6 Å². The summed E-state index contributed by atoms with van der Waals surface area (Å²) in [5.74, 6) is 0.772. The van der Waals surface area contributed by atoms with Crippen LogP contribution in [-0.2, 0) is 16.6 Å². The van der Waals surface area contributed by atoms with Crippen molar-refractivity contribution in [3.63, 3.8) is 0 Å². The summed E-state index contributed by atoms with van der Waals surface area (Å²) in [5, 5.41) is 7.93. The molecule has 0 radical (unpaired) electrons. The minimum Gasteiger partial charge on any atom is -0.459 e. The molecule has 0 saturated carbocycles. The second-order valence-corrected chi connectivity index (χ2v) is 8.36. The highest BCUT2D eigenvalue weighted by atomic mass is 32.2. The predicted molar refractivity (Wildman–Crippen MR) is 117 cm³/mol. The fourth-order valence-corrected chi connectivity index (χ4v) is 3.64. The number of benzene rings is 2. The van der Waals surface area contributed by atoms with Crippen LogP contribution in [0.3, 0.4) is 0 Å². The monoisotopic (exact) mass is 427 g/mol. The normalized spacial score (nSPS) is 11.6. The maximum Gasteiger partial charge on any atom is 0.259 e. The Morgan fingerprint density at radius 3 is 2.37 bits per heavy atom. The minimum atomic E-state index is -3.86. The Hall–Kier alpha value is -2.94. The second kappa shape index (κ2) is 9.25. The standard InChI is InChI=1S/C22H25N3O4S/c1-3-25(4-2)15-21-19(14-20(29-21)16-9-6-5-7-10-16)22(26)24-17-11-8-12-18(13-17)30(23,27)28/h5-14H,3-4,15H2,1-2H3,(H,24,26)(H2,23,27,28). The number of amides is 1. The molecule has 1 amide bonds. The molecule has 7 nitrogen and oxygen atoms in total. The molecule has 0 spiro atoms. The highest BCUT2D eigenvalue weighted by Gasteiger charge is 2.21. The van der Waals surface area contributed by atoms with Gasteiger partial charge in [0.1, 0.15) is 11.5 Å². The Morgan fingerprint density at radius 2 is 1.73 bits per heavy atom. The van der Waals surface area contributed by atoms with Crippen molar-refractivity contribution in [2.24, 2.45) is 5.14 Å². The first-order valence-electron chi connectivity index (χ1n) is 9.66. The van der Waals surface area contributed by atoms with E-state index in [-0.39, 0.29) is 10.8 Å². The van der Waals surface area contributed by atoms with Crippen LogP contribution in [0.5, 0.6) is 0 Å². The van der Waals surface area contributed by atoms with Crippen molar-refractivity contribution in [3.8, 4) is 11.3 Å². The number of carbonyl (C=O) groups excluding carboxylic acids is 1. The van der Waals surface area contributed by atoms with Crippen molar-refractivity contribution >= 4 is 21.6 Å². The molecule has 0 atom stereocenters. The van der Waals surface area contributed by atoms with Gasteiger partial charge >= 0.3 is 0 Å². The summed E-state index contributed by atoms with van der Waals surface area (Å²) in [6.45, 7) is 6.20. The first-order chi connectivity index (χ1) is 14.3. The third-order valence-corrected chi connectivity index (χ3v) is 5.71. The molecule has 3 N–H and O–H groups in total. The van der Waals surface area contributed by atoms with E-state index in [4.69, 9.17) is 9.56 Å². The highest BCUT2D eigenvalue weighted by molar-refractivity contribution is 7.89. The molecular weight excluding hydrogens is 402 g/mol. The largest absolute Gasteiger partial charge is 0.459 e. The Balaban J connectivity index is 1.94. The van der Waals surface area contributed by atoms with Crippen molar-refractivity contribution < 1.29 is 17.6 Å². The third-order valence-electron chi connectivity index (χ3n) is 4.79. The maximum atomic E-state index is 13.0. The lowest BCUT2D eigenvalue weighted by Gasteiger charge is -2.17. The number of carbonyl (C=O) groups is 1. The Morgan fingerprint density at radius 1 is 1.03 bits per heavy atom. The van der Waals surface area contributed by atoms with Gasteiger partial charge in [-0.3, -0.25) is 9.69 Å². The molecular formula is C22H25N3O4S. The topological polar surface area (TPSA) is 106 Å². The van der Waals surface area contributed by atoms with E-state index in [0.29, 0.717) is 29.3 Å². The van der Waals surface area contributed by atoms with Crippen molar-refractivity contribution in [2.75, 3.05) is 18.4 Å².